The van der Waals surface area contributed by atoms with Crippen molar-refractivity contribution >= 4 is 11.6 Å². The normalized spacial score (nSPS) is 11.4. The highest BCUT2D eigenvalue weighted by Gasteiger charge is 2.23. The van der Waals surface area contributed by atoms with Crippen molar-refractivity contribution in [3.8, 4) is 5.69 Å². The summed E-state index contributed by atoms with van der Waals surface area (Å²) >= 11 is 0. The van der Waals surface area contributed by atoms with E-state index >= 15 is 0 Å². The van der Waals surface area contributed by atoms with Gasteiger partial charge in [-0.05, 0) is 42.5 Å². The van der Waals surface area contributed by atoms with Crippen molar-refractivity contribution in [2.75, 3.05) is 5.32 Å². The Kier molecular flexibility index (Phi) is 3.26. The summed E-state index contributed by atoms with van der Waals surface area (Å²) in [5, 5.41) is 13.1. The monoisotopic (exact) mass is 264 g/mol. The molecular formula is C11H13FN6O. The van der Waals surface area contributed by atoms with Crippen molar-refractivity contribution in [1.29, 1.82) is 0 Å². The summed E-state index contributed by atoms with van der Waals surface area (Å²) in [6.07, 6.45) is 1.37. The van der Waals surface area contributed by atoms with Crippen LogP contribution in [0.15, 0.2) is 24.5 Å². The minimum atomic E-state index is -1.10. The van der Waals surface area contributed by atoms with E-state index < -0.39 is 17.3 Å². The number of benzene rings is 1. The lowest BCUT2D eigenvalue weighted by atomic mass is 10.1. The van der Waals surface area contributed by atoms with E-state index in [1.807, 2.05) is 0 Å². The van der Waals surface area contributed by atoms with Crippen LogP contribution in [0.3, 0.4) is 0 Å². The van der Waals surface area contributed by atoms with Crippen molar-refractivity contribution in [2.24, 2.45) is 5.73 Å². The topological polar surface area (TPSA) is 98.7 Å². The summed E-state index contributed by atoms with van der Waals surface area (Å²) in [5.41, 5.74) is 5.09. The summed E-state index contributed by atoms with van der Waals surface area (Å²) in [6, 6.07) is 4.14. The molecule has 19 heavy (non-hydrogen) atoms. The zero-order valence-corrected chi connectivity index (χ0v) is 10.5. The van der Waals surface area contributed by atoms with E-state index in [4.69, 9.17) is 5.73 Å². The average Bonchev–Trinajstić information content (AvgIpc) is 2.84. The molecule has 1 amide bonds. The fourth-order valence-electron chi connectivity index (χ4n) is 1.31. The van der Waals surface area contributed by atoms with Gasteiger partial charge >= 0.3 is 0 Å². The molecule has 0 aliphatic heterocycles. The summed E-state index contributed by atoms with van der Waals surface area (Å²) in [6.45, 7) is 3.07. The zero-order valence-electron chi connectivity index (χ0n) is 10.5. The van der Waals surface area contributed by atoms with Crippen LogP contribution in [0, 0.1) is 5.82 Å². The Bertz CT molecular complexity index is 590. The van der Waals surface area contributed by atoms with Gasteiger partial charge in [-0.25, -0.2) is 9.07 Å². The highest BCUT2D eigenvalue weighted by atomic mass is 19.1. The Morgan fingerprint density at radius 2 is 2.21 bits per heavy atom. The van der Waals surface area contributed by atoms with Crippen molar-refractivity contribution in [3.05, 3.63) is 30.3 Å². The van der Waals surface area contributed by atoms with Gasteiger partial charge < -0.3 is 11.1 Å². The molecule has 0 saturated heterocycles. The summed E-state index contributed by atoms with van der Waals surface area (Å²) in [7, 11) is 0. The summed E-state index contributed by atoms with van der Waals surface area (Å²) in [5.74, 6) is -1.05. The van der Waals surface area contributed by atoms with E-state index in [-0.39, 0.29) is 5.69 Å². The first-order chi connectivity index (χ1) is 8.88. The number of carbonyl (C=O) groups is 1. The van der Waals surface area contributed by atoms with Crippen molar-refractivity contribution in [1.82, 2.24) is 20.2 Å². The van der Waals surface area contributed by atoms with E-state index in [1.165, 1.54) is 43.1 Å². The molecular weight excluding hydrogens is 251 g/mol. The van der Waals surface area contributed by atoms with Crippen LogP contribution in [0.25, 0.3) is 5.69 Å². The van der Waals surface area contributed by atoms with E-state index in [0.717, 1.165) is 0 Å². The summed E-state index contributed by atoms with van der Waals surface area (Å²) < 4.78 is 15.0. The van der Waals surface area contributed by atoms with Gasteiger partial charge in [0.2, 0.25) is 5.91 Å². The second kappa shape index (κ2) is 4.73. The lowest BCUT2D eigenvalue weighted by Crippen LogP contribution is -2.45. The molecule has 0 unspecified atom stereocenters. The molecule has 0 spiro atoms. The average molecular weight is 264 g/mol. The van der Waals surface area contributed by atoms with Gasteiger partial charge in [-0.3, -0.25) is 4.79 Å². The maximum atomic E-state index is 13.6. The minimum Gasteiger partial charge on any atom is -0.322 e. The second-order valence-electron chi connectivity index (χ2n) is 4.59. The number of aromatic nitrogens is 4. The molecule has 7 nitrogen and oxygen atoms in total. The van der Waals surface area contributed by atoms with Crippen LogP contribution in [-0.4, -0.2) is 31.7 Å². The molecule has 1 aromatic heterocycles. The molecule has 3 N–H and O–H groups in total. The quantitative estimate of drug-likeness (QED) is 0.840. The van der Waals surface area contributed by atoms with Gasteiger partial charge in [0.1, 0.15) is 12.1 Å². The molecule has 0 saturated carbocycles. The first-order valence-corrected chi connectivity index (χ1v) is 5.51. The van der Waals surface area contributed by atoms with Crippen LogP contribution in [0.5, 0.6) is 0 Å². The first-order valence-electron chi connectivity index (χ1n) is 5.51. The number of nitrogens with one attached hydrogen (secondary N) is 1. The van der Waals surface area contributed by atoms with Gasteiger partial charge in [0, 0.05) is 0 Å². The molecule has 1 heterocycles. The maximum Gasteiger partial charge on any atom is 0.243 e. The van der Waals surface area contributed by atoms with E-state index in [9.17, 15) is 9.18 Å². The Hall–Kier alpha value is -2.35. The number of hydrogen-bond acceptors (Lipinski definition) is 5. The number of nitrogens with two attached hydrogens (primary N) is 1. The number of nitrogens with zero attached hydrogens (tertiary/aromatic N) is 4. The standard InChI is InChI=1S/C11H13FN6O/c1-11(2,13)10(19)15-9-5-7(3-4-8(9)12)18-6-14-16-17-18/h3-6H,13H2,1-2H3,(H,15,19). The molecule has 2 aromatic rings. The Morgan fingerprint density at radius 3 is 2.79 bits per heavy atom. The fourth-order valence-corrected chi connectivity index (χ4v) is 1.31. The molecule has 8 heteroatoms. The lowest BCUT2D eigenvalue weighted by molar-refractivity contribution is -0.120. The van der Waals surface area contributed by atoms with Crippen molar-refractivity contribution < 1.29 is 9.18 Å². The van der Waals surface area contributed by atoms with Crippen LogP contribution in [-0.2, 0) is 4.79 Å². The molecule has 0 atom stereocenters. The number of carbonyl (C=O) groups excluding carboxylic acids is 1. The minimum absolute atomic E-state index is 0.0246. The number of rotatable bonds is 3. The third kappa shape index (κ3) is 2.91. The van der Waals surface area contributed by atoms with Gasteiger partial charge in [-0.15, -0.1) is 5.10 Å². The molecule has 2 rings (SSSR count). The van der Waals surface area contributed by atoms with E-state index in [0.29, 0.717) is 5.69 Å². The Balaban J connectivity index is 2.31. The molecule has 1 aromatic carbocycles. The van der Waals surface area contributed by atoms with Crippen LogP contribution >= 0.6 is 0 Å². The van der Waals surface area contributed by atoms with Gasteiger partial charge in [-0.1, -0.05) is 0 Å². The third-order valence-electron chi connectivity index (χ3n) is 2.40. The smallest absolute Gasteiger partial charge is 0.243 e. The number of anilines is 1. The fraction of sp³-hybridized carbons (Fsp3) is 0.273. The van der Waals surface area contributed by atoms with Crippen molar-refractivity contribution in [2.45, 2.75) is 19.4 Å². The SMILES string of the molecule is CC(C)(N)C(=O)Nc1cc(-n2cnnn2)ccc1F. The van der Waals surface area contributed by atoms with Crippen LogP contribution < -0.4 is 11.1 Å². The molecule has 0 aliphatic carbocycles. The predicted molar refractivity (Wildman–Crippen MR) is 66.0 cm³/mol. The largest absolute Gasteiger partial charge is 0.322 e. The Labute approximate surface area is 108 Å². The number of amides is 1. The summed E-state index contributed by atoms with van der Waals surface area (Å²) in [4.78, 5) is 11.7. The lowest BCUT2D eigenvalue weighted by Gasteiger charge is -2.18. The third-order valence-corrected chi connectivity index (χ3v) is 2.40. The van der Waals surface area contributed by atoms with Gasteiger partial charge in [-0.2, -0.15) is 0 Å². The van der Waals surface area contributed by atoms with Crippen LogP contribution in [0.4, 0.5) is 10.1 Å². The molecule has 100 valence electrons. The molecule has 0 aliphatic rings. The molecule has 0 bridgehead atoms. The van der Waals surface area contributed by atoms with Crippen LogP contribution in [0.1, 0.15) is 13.8 Å². The van der Waals surface area contributed by atoms with E-state index in [2.05, 4.69) is 20.8 Å². The predicted octanol–water partition coefficient (Wildman–Crippen LogP) is 0.477. The van der Waals surface area contributed by atoms with Crippen LogP contribution in [0.2, 0.25) is 0 Å². The molecule has 0 fully saturated rings. The molecule has 0 radical (unpaired) electrons. The number of hydrogen-bond donors (Lipinski definition) is 2. The van der Waals surface area contributed by atoms with E-state index in [1.54, 1.807) is 0 Å². The van der Waals surface area contributed by atoms with Gasteiger partial charge in [0.25, 0.3) is 0 Å². The second-order valence-corrected chi connectivity index (χ2v) is 4.59. The highest BCUT2D eigenvalue weighted by Crippen LogP contribution is 2.19. The number of halogens is 1. The van der Waals surface area contributed by atoms with Crippen molar-refractivity contribution in [3.63, 3.8) is 0 Å². The van der Waals surface area contributed by atoms with Gasteiger partial charge in [0.15, 0.2) is 0 Å². The first kappa shape index (κ1) is 13.1. The number of tetrazole rings is 1. The highest BCUT2D eigenvalue weighted by molar-refractivity contribution is 5.97. The van der Waals surface area contributed by atoms with Gasteiger partial charge in [0.05, 0.1) is 16.9 Å². The Morgan fingerprint density at radius 1 is 1.47 bits per heavy atom. The zero-order chi connectivity index (χ0) is 14.0. The maximum absolute atomic E-state index is 13.6.